The van der Waals surface area contributed by atoms with E-state index in [0.717, 1.165) is 19.0 Å². The molecule has 0 spiro atoms. The van der Waals surface area contributed by atoms with Gasteiger partial charge in [0.05, 0.1) is 11.0 Å². The molecule has 1 heterocycles. The van der Waals surface area contributed by atoms with Gasteiger partial charge in [0.2, 0.25) is 0 Å². The van der Waals surface area contributed by atoms with Gasteiger partial charge in [0.25, 0.3) is 5.69 Å². The summed E-state index contributed by atoms with van der Waals surface area (Å²) in [7, 11) is 0. The number of benzene rings is 1. The van der Waals surface area contributed by atoms with E-state index in [1.165, 1.54) is 12.1 Å². The van der Waals surface area contributed by atoms with Gasteiger partial charge in [-0.2, -0.15) is 0 Å². The van der Waals surface area contributed by atoms with E-state index in [4.69, 9.17) is 4.74 Å². The Morgan fingerprint density at radius 1 is 1.56 bits per heavy atom. The van der Waals surface area contributed by atoms with Crippen LogP contribution in [-0.4, -0.2) is 24.1 Å². The van der Waals surface area contributed by atoms with Gasteiger partial charge in [0.1, 0.15) is 6.10 Å². The van der Waals surface area contributed by atoms with Crippen LogP contribution in [0.15, 0.2) is 18.2 Å². The van der Waals surface area contributed by atoms with Crippen LogP contribution in [0, 0.1) is 15.9 Å². The third-order valence-electron chi connectivity index (χ3n) is 2.44. The van der Waals surface area contributed by atoms with Crippen LogP contribution in [0.4, 0.5) is 10.1 Å². The van der Waals surface area contributed by atoms with Crippen molar-refractivity contribution in [3.05, 3.63) is 34.1 Å². The van der Waals surface area contributed by atoms with E-state index in [2.05, 4.69) is 5.32 Å². The zero-order valence-corrected chi connectivity index (χ0v) is 8.48. The molecule has 6 heteroatoms. The molecule has 2 rings (SSSR count). The SMILES string of the molecule is O=[N+]([O-])c1ccc(O[C@@H]2CCNC2)c(F)c1. The number of non-ortho nitro benzene ring substituents is 1. The van der Waals surface area contributed by atoms with E-state index in [9.17, 15) is 14.5 Å². The Morgan fingerprint density at radius 2 is 2.38 bits per heavy atom. The first-order chi connectivity index (χ1) is 7.66. The Balaban J connectivity index is 2.12. The lowest BCUT2D eigenvalue weighted by atomic mass is 10.2. The minimum absolute atomic E-state index is 0.0593. The highest BCUT2D eigenvalue weighted by Crippen LogP contribution is 2.24. The van der Waals surface area contributed by atoms with Crippen LogP contribution in [0.2, 0.25) is 0 Å². The van der Waals surface area contributed by atoms with Gasteiger partial charge in [0.15, 0.2) is 11.6 Å². The van der Waals surface area contributed by atoms with Crippen molar-refractivity contribution in [3.63, 3.8) is 0 Å². The van der Waals surface area contributed by atoms with Crippen molar-refractivity contribution in [2.45, 2.75) is 12.5 Å². The summed E-state index contributed by atoms with van der Waals surface area (Å²) >= 11 is 0. The predicted octanol–water partition coefficient (Wildman–Crippen LogP) is 1.47. The summed E-state index contributed by atoms with van der Waals surface area (Å²) in [5, 5.41) is 13.5. The Hall–Kier alpha value is -1.69. The topological polar surface area (TPSA) is 64.4 Å². The van der Waals surface area contributed by atoms with Gasteiger partial charge in [-0.25, -0.2) is 4.39 Å². The lowest BCUT2D eigenvalue weighted by Gasteiger charge is -2.12. The summed E-state index contributed by atoms with van der Waals surface area (Å²) in [5.74, 6) is -0.625. The van der Waals surface area contributed by atoms with Crippen molar-refractivity contribution in [1.82, 2.24) is 5.32 Å². The first kappa shape index (κ1) is 10.8. The lowest BCUT2D eigenvalue weighted by Crippen LogP contribution is -2.20. The van der Waals surface area contributed by atoms with Gasteiger partial charge in [0, 0.05) is 12.6 Å². The fourth-order valence-electron chi connectivity index (χ4n) is 1.61. The summed E-state index contributed by atoms with van der Waals surface area (Å²) in [4.78, 5) is 9.76. The molecule has 0 aliphatic carbocycles. The number of halogens is 1. The van der Waals surface area contributed by atoms with Gasteiger partial charge < -0.3 is 10.1 Å². The van der Waals surface area contributed by atoms with Crippen molar-refractivity contribution >= 4 is 5.69 Å². The molecule has 16 heavy (non-hydrogen) atoms. The zero-order valence-electron chi connectivity index (χ0n) is 8.48. The number of nitrogens with one attached hydrogen (secondary N) is 1. The highest BCUT2D eigenvalue weighted by molar-refractivity contribution is 5.37. The standard InChI is InChI=1S/C10H11FN2O3/c11-9-5-7(13(14)15)1-2-10(9)16-8-3-4-12-6-8/h1-2,5,8,12H,3-4,6H2/t8-/m1/s1. The van der Waals surface area contributed by atoms with E-state index in [-0.39, 0.29) is 17.5 Å². The molecule has 1 aliphatic heterocycles. The average Bonchev–Trinajstić information content (AvgIpc) is 2.73. The molecule has 86 valence electrons. The van der Waals surface area contributed by atoms with Crippen LogP contribution >= 0.6 is 0 Å². The van der Waals surface area contributed by atoms with Gasteiger partial charge in [-0.3, -0.25) is 10.1 Å². The van der Waals surface area contributed by atoms with Crippen molar-refractivity contribution < 1.29 is 14.1 Å². The summed E-state index contributed by atoms with van der Waals surface area (Å²) in [6, 6.07) is 3.41. The number of rotatable bonds is 3. The third-order valence-corrected chi connectivity index (χ3v) is 2.44. The molecular weight excluding hydrogens is 215 g/mol. The van der Waals surface area contributed by atoms with E-state index < -0.39 is 10.7 Å². The molecule has 0 aromatic heterocycles. The Labute approximate surface area is 91.4 Å². The molecule has 1 aliphatic rings. The molecule has 5 nitrogen and oxygen atoms in total. The third kappa shape index (κ3) is 2.27. The summed E-state index contributed by atoms with van der Waals surface area (Å²) < 4.78 is 18.8. The second kappa shape index (κ2) is 4.44. The Morgan fingerprint density at radius 3 is 2.94 bits per heavy atom. The van der Waals surface area contributed by atoms with E-state index in [0.29, 0.717) is 6.54 Å². The molecule has 1 N–H and O–H groups in total. The molecule has 0 unspecified atom stereocenters. The predicted molar refractivity (Wildman–Crippen MR) is 55.0 cm³/mol. The van der Waals surface area contributed by atoms with Gasteiger partial charge in [-0.1, -0.05) is 0 Å². The molecule has 0 amide bonds. The molecule has 0 radical (unpaired) electrons. The van der Waals surface area contributed by atoms with Crippen molar-refractivity contribution in [1.29, 1.82) is 0 Å². The maximum atomic E-state index is 13.4. The molecule has 1 saturated heterocycles. The summed E-state index contributed by atoms with van der Waals surface area (Å²) in [6.07, 6.45) is 0.757. The zero-order chi connectivity index (χ0) is 11.5. The van der Waals surface area contributed by atoms with Crippen molar-refractivity contribution in [3.8, 4) is 5.75 Å². The van der Waals surface area contributed by atoms with Crippen LogP contribution in [0.3, 0.4) is 0 Å². The van der Waals surface area contributed by atoms with Crippen LogP contribution < -0.4 is 10.1 Å². The maximum absolute atomic E-state index is 13.4. The lowest BCUT2D eigenvalue weighted by molar-refractivity contribution is -0.385. The van der Waals surface area contributed by atoms with Crippen LogP contribution in [0.5, 0.6) is 5.75 Å². The molecule has 1 aromatic carbocycles. The minimum atomic E-state index is -0.693. The normalized spacial score (nSPS) is 19.7. The molecule has 1 fully saturated rings. The van der Waals surface area contributed by atoms with Gasteiger partial charge in [-0.05, 0) is 19.0 Å². The number of nitro groups is 1. The van der Waals surface area contributed by atoms with E-state index in [1.807, 2.05) is 0 Å². The monoisotopic (exact) mass is 226 g/mol. The van der Waals surface area contributed by atoms with Crippen LogP contribution in [0.1, 0.15) is 6.42 Å². The molecule has 1 atom stereocenters. The Bertz CT molecular complexity index is 405. The van der Waals surface area contributed by atoms with Crippen molar-refractivity contribution in [2.24, 2.45) is 0 Å². The smallest absolute Gasteiger partial charge is 0.272 e. The quantitative estimate of drug-likeness (QED) is 0.626. The van der Waals surface area contributed by atoms with Crippen molar-refractivity contribution in [2.75, 3.05) is 13.1 Å². The average molecular weight is 226 g/mol. The highest BCUT2D eigenvalue weighted by Gasteiger charge is 2.19. The second-order valence-electron chi connectivity index (χ2n) is 3.60. The molecule has 1 aromatic rings. The second-order valence-corrected chi connectivity index (χ2v) is 3.60. The molecular formula is C10H11FN2O3. The summed E-state index contributed by atoms with van der Waals surface area (Å²) in [6.45, 7) is 1.52. The first-order valence-corrected chi connectivity index (χ1v) is 4.98. The molecule has 0 bridgehead atoms. The minimum Gasteiger partial charge on any atom is -0.486 e. The first-order valence-electron chi connectivity index (χ1n) is 4.98. The number of hydrogen-bond acceptors (Lipinski definition) is 4. The van der Waals surface area contributed by atoms with Gasteiger partial charge in [-0.15, -0.1) is 0 Å². The van der Waals surface area contributed by atoms with Crippen LogP contribution in [-0.2, 0) is 0 Å². The Kier molecular flexibility index (Phi) is 3.00. The van der Waals surface area contributed by atoms with Gasteiger partial charge >= 0.3 is 0 Å². The maximum Gasteiger partial charge on any atom is 0.272 e. The number of ether oxygens (including phenoxy) is 1. The van der Waals surface area contributed by atoms with E-state index in [1.54, 1.807) is 0 Å². The summed E-state index contributed by atoms with van der Waals surface area (Å²) in [5.41, 5.74) is -0.269. The highest BCUT2D eigenvalue weighted by atomic mass is 19.1. The number of hydrogen-bond donors (Lipinski definition) is 1. The fraction of sp³-hybridized carbons (Fsp3) is 0.400. The molecule has 0 saturated carbocycles. The largest absolute Gasteiger partial charge is 0.486 e. The number of nitrogens with zero attached hydrogens (tertiary/aromatic N) is 1. The fourth-order valence-corrected chi connectivity index (χ4v) is 1.61. The van der Waals surface area contributed by atoms with Crippen LogP contribution in [0.25, 0.3) is 0 Å². The number of nitro benzene ring substituents is 1. The van der Waals surface area contributed by atoms with E-state index >= 15 is 0 Å².